The minimum Gasteiger partial charge on any atom is -0.291 e. The maximum atomic E-state index is 9.99. The fraction of sp³-hybridized carbons (Fsp3) is 0.933. The molecule has 0 saturated heterocycles. The van der Waals surface area contributed by atoms with Gasteiger partial charge < -0.3 is 0 Å². The van der Waals surface area contributed by atoms with Gasteiger partial charge in [0.2, 0.25) is 0 Å². The predicted octanol–water partition coefficient (Wildman–Crippen LogP) is 4.80. The molecule has 16 heavy (non-hydrogen) atoms. The number of unbranched alkanes of at least 4 members (excludes halogenated alkanes) is 6. The highest BCUT2D eigenvalue weighted by Gasteiger charge is 2.12. The Kier molecular flexibility index (Phi) is 8.47. The SMILES string of the molecule is O=[C]CCCCCCCCC1CCCCC1. The van der Waals surface area contributed by atoms with Crippen LogP contribution in [0.2, 0.25) is 0 Å². The lowest BCUT2D eigenvalue weighted by Crippen LogP contribution is -2.05. The van der Waals surface area contributed by atoms with Crippen LogP contribution in [0.1, 0.15) is 83.5 Å². The Morgan fingerprint density at radius 3 is 2.12 bits per heavy atom. The van der Waals surface area contributed by atoms with E-state index in [1.54, 1.807) is 0 Å². The molecule has 0 N–H and O–H groups in total. The van der Waals surface area contributed by atoms with Gasteiger partial charge in [-0.2, -0.15) is 0 Å². The highest BCUT2D eigenvalue weighted by molar-refractivity contribution is 5.50. The van der Waals surface area contributed by atoms with Crippen LogP contribution in [0.4, 0.5) is 0 Å². The molecule has 93 valence electrons. The van der Waals surface area contributed by atoms with Gasteiger partial charge in [0.05, 0.1) is 0 Å². The summed E-state index contributed by atoms with van der Waals surface area (Å²) >= 11 is 0. The van der Waals surface area contributed by atoms with Crippen molar-refractivity contribution in [3.8, 4) is 0 Å². The first-order valence-corrected chi connectivity index (χ1v) is 7.28. The van der Waals surface area contributed by atoms with Gasteiger partial charge >= 0.3 is 0 Å². The predicted molar refractivity (Wildman–Crippen MR) is 69.2 cm³/mol. The van der Waals surface area contributed by atoms with E-state index in [1.165, 1.54) is 70.6 Å². The van der Waals surface area contributed by atoms with Crippen LogP contribution in [0, 0.1) is 5.92 Å². The van der Waals surface area contributed by atoms with Crippen LogP contribution in [0.15, 0.2) is 0 Å². The van der Waals surface area contributed by atoms with Gasteiger partial charge in [-0.25, -0.2) is 0 Å². The van der Waals surface area contributed by atoms with E-state index in [-0.39, 0.29) is 0 Å². The lowest BCUT2D eigenvalue weighted by molar-refractivity contribution is 0.328. The summed E-state index contributed by atoms with van der Waals surface area (Å²) in [5.74, 6) is 1.05. The van der Waals surface area contributed by atoms with E-state index in [0.717, 1.165) is 12.3 Å². The highest BCUT2D eigenvalue weighted by atomic mass is 16.1. The van der Waals surface area contributed by atoms with Crippen LogP contribution in [0.25, 0.3) is 0 Å². The fourth-order valence-corrected chi connectivity index (χ4v) is 2.81. The second-order valence-corrected chi connectivity index (χ2v) is 5.31. The summed E-state index contributed by atoms with van der Waals surface area (Å²) in [6.07, 6.45) is 19.3. The molecule has 1 heteroatoms. The van der Waals surface area contributed by atoms with Crippen molar-refractivity contribution in [2.75, 3.05) is 0 Å². The molecular formula is C15H27O. The van der Waals surface area contributed by atoms with Crippen LogP contribution < -0.4 is 0 Å². The number of hydrogen-bond acceptors (Lipinski definition) is 1. The monoisotopic (exact) mass is 223 g/mol. The van der Waals surface area contributed by atoms with Crippen molar-refractivity contribution >= 4 is 6.29 Å². The lowest BCUT2D eigenvalue weighted by Gasteiger charge is -2.21. The minimum absolute atomic E-state index is 0.641. The first kappa shape index (κ1) is 13.7. The second kappa shape index (κ2) is 9.86. The Bertz CT molecular complexity index is 159. The average molecular weight is 223 g/mol. The molecule has 0 aromatic carbocycles. The first-order chi connectivity index (χ1) is 7.93. The van der Waals surface area contributed by atoms with Crippen LogP contribution in [-0.4, -0.2) is 6.29 Å². The fourth-order valence-electron chi connectivity index (χ4n) is 2.81. The van der Waals surface area contributed by atoms with E-state index in [1.807, 2.05) is 6.29 Å². The Balaban J connectivity index is 1.78. The summed E-state index contributed by atoms with van der Waals surface area (Å²) in [7, 11) is 0. The van der Waals surface area contributed by atoms with Crippen LogP contribution >= 0.6 is 0 Å². The van der Waals surface area contributed by atoms with Gasteiger partial charge in [0.15, 0.2) is 6.29 Å². The molecule has 0 atom stereocenters. The van der Waals surface area contributed by atoms with E-state index < -0.39 is 0 Å². The van der Waals surface area contributed by atoms with E-state index in [0.29, 0.717) is 6.42 Å². The third-order valence-electron chi connectivity index (χ3n) is 3.87. The lowest BCUT2D eigenvalue weighted by atomic mass is 9.85. The molecule has 0 aliphatic heterocycles. The summed E-state index contributed by atoms with van der Waals surface area (Å²) < 4.78 is 0. The molecule has 1 aliphatic rings. The van der Waals surface area contributed by atoms with Crippen molar-refractivity contribution in [3.63, 3.8) is 0 Å². The normalized spacial score (nSPS) is 17.5. The zero-order valence-corrected chi connectivity index (χ0v) is 10.7. The molecule has 1 nitrogen and oxygen atoms in total. The second-order valence-electron chi connectivity index (χ2n) is 5.31. The quantitative estimate of drug-likeness (QED) is 0.513. The Hall–Kier alpha value is -0.330. The summed E-state index contributed by atoms with van der Waals surface area (Å²) in [4.78, 5) is 9.99. The van der Waals surface area contributed by atoms with Gasteiger partial charge in [-0.05, 0) is 12.3 Å². The number of carbonyl (C=O) groups excluding carboxylic acids is 1. The van der Waals surface area contributed by atoms with Crippen molar-refractivity contribution in [1.82, 2.24) is 0 Å². The minimum atomic E-state index is 0.641. The Morgan fingerprint density at radius 1 is 0.812 bits per heavy atom. The summed E-state index contributed by atoms with van der Waals surface area (Å²) in [6.45, 7) is 0. The third kappa shape index (κ3) is 7.03. The van der Waals surface area contributed by atoms with Gasteiger partial charge in [-0.3, -0.25) is 4.79 Å². The number of hydrogen-bond donors (Lipinski definition) is 0. The maximum Gasteiger partial charge on any atom is 0.198 e. The molecule has 1 aliphatic carbocycles. The number of rotatable bonds is 9. The summed E-state index contributed by atoms with van der Waals surface area (Å²) in [5.41, 5.74) is 0. The zero-order chi connectivity index (χ0) is 11.5. The topological polar surface area (TPSA) is 17.1 Å². The van der Waals surface area contributed by atoms with Crippen molar-refractivity contribution in [2.45, 2.75) is 83.5 Å². The molecule has 0 amide bonds. The first-order valence-electron chi connectivity index (χ1n) is 7.28. The molecule has 0 bridgehead atoms. The Morgan fingerprint density at radius 2 is 1.44 bits per heavy atom. The van der Waals surface area contributed by atoms with Gasteiger partial charge in [0, 0.05) is 6.42 Å². The van der Waals surface area contributed by atoms with Crippen molar-refractivity contribution in [1.29, 1.82) is 0 Å². The largest absolute Gasteiger partial charge is 0.291 e. The molecule has 1 radical (unpaired) electrons. The molecule has 0 aromatic heterocycles. The Labute approximate surface area is 101 Å². The highest BCUT2D eigenvalue weighted by Crippen LogP contribution is 2.28. The smallest absolute Gasteiger partial charge is 0.198 e. The van der Waals surface area contributed by atoms with Crippen molar-refractivity contribution in [2.24, 2.45) is 5.92 Å². The van der Waals surface area contributed by atoms with Crippen LogP contribution in [-0.2, 0) is 4.79 Å². The third-order valence-corrected chi connectivity index (χ3v) is 3.87. The zero-order valence-electron chi connectivity index (χ0n) is 10.7. The van der Waals surface area contributed by atoms with Gasteiger partial charge in [0.1, 0.15) is 0 Å². The summed E-state index contributed by atoms with van der Waals surface area (Å²) in [5, 5.41) is 0. The summed E-state index contributed by atoms with van der Waals surface area (Å²) in [6, 6.07) is 0. The van der Waals surface area contributed by atoms with E-state index in [9.17, 15) is 4.79 Å². The van der Waals surface area contributed by atoms with Crippen molar-refractivity contribution in [3.05, 3.63) is 0 Å². The molecule has 0 heterocycles. The van der Waals surface area contributed by atoms with Crippen molar-refractivity contribution < 1.29 is 4.79 Å². The van der Waals surface area contributed by atoms with E-state index >= 15 is 0 Å². The van der Waals surface area contributed by atoms with Gasteiger partial charge in [0.25, 0.3) is 0 Å². The standard InChI is InChI=1S/C15H27O/c16-14-10-5-3-1-2-4-7-11-15-12-8-6-9-13-15/h15H,1-13H2. The molecule has 1 saturated carbocycles. The van der Waals surface area contributed by atoms with Crippen LogP contribution in [0.5, 0.6) is 0 Å². The molecule has 1 rings (SSSR count). The van der Waals surface area contributed by atoms with Crippen LogP contribution in [0.3, 0.4) is 0 Å². The molecular weight excluding hydrogens is 196 g/mol. The maximum absolute atomic E-state index is 9.99. The average Bonchev–Trinajstić information content (AvgIpc) is 2.34. The molecule has 0 aromatic rings. The molecule has 1 fully saturated rings. The van der Waals surface area contributed by atoms with E-state index in [4.69, 9.17) is 0 Å². The molecule has 0 unspecified atom stereocenters. The molecule has 0 spiro atoms. The van der Waals surface area contributed by atoms with Gasteiger partial charge in [-0.15, -0.1) is 0 Å². The van der Waals surface area contributed by atoms with E-state index in [2.05, 4.69) is 0 Å². The van der Waals surface area contributed by atoms with Gasteiger partial charge in [-0.1, -0.05) is 70.6 Å².